The van der Waals surface area contributed by atoms with Gasteiger partial charge in [-0.1, -0.05) is 71.2 Å². The van der Waals surface area contributed by atoms with Crippen molar-refractivity contribution >= 4 is 58.3 Å². The summed E-state index contributed by atoms with van der Waals surface area (Å²) >= 11 is 22.5. The lowest BCUT2D eigenvalue weighted by Gasteiger charge is -2.15. The Balaban J connectivity index is 2.54. The Labute approximate surface area is 120 Å². The highest BCUT2D eigenvalue weighted by Crippen LogP contribution is 2.35. The number of ketones is 1. The molecule has 0 aliphatic heterocycles. The highest BCUT2D eigenvalue weighted by atomic mass is 35.6. The summed E-state index contributed by atoms with van der Waals surface area (Å²) in [5.74, 6) is -0.180. The molecule has 0 aromatic heterocycles. The molecule has 0 bridgehead atoms. The van der Waals surface area contributed by atoms with E-state index in [-0.39, 0.29) is 12.2 Å². The second-order valence-corrected chi connectivity index (χ2v) is 6.32. The zero-order chi connectivity index (χ0) is 12.9. The maximum Gasteiger partial charge on any atom is 0.207 e. The molecule has 5 heteroatoms. The van der Waals surface area contributed by atoms with Gasteiger partial charge in [0, 0.05) is 6.42 Å². The van der Waals surface area contributed by atoms with Crippen molar-refractivity contribution in [2.75, 3.05) is 0 Å². The topological polar surface area (TPSA) is 17.1 Å². The predicted octanol–water partition coefficient (Wildman–Crippen LogP) is 4.64. The third-order valence-corrected chi connectivity index (χ3v) is 3.60. The van der Waals surface area contributed by atoms with Gasteiger partial charge in [-0.05, 0) is 11.6 Å². The van der Waals surface area contributed by atoms with Gasteiger partial charge in [0.05, 0.1) is 5.38 Å². The average molecular weight is 312 g/mol. The lowest BCUT2D eigenvalue weighted by molar-refractivity contribution is -0.114. The Morgan fingerprint density at radius 1 is 1.24 bits per heavy atom. The molecule has 1 aromatic carbocycles. The first kappa shape index (κ1) is 14.8. The van der Waals surface area contributed by atoms with E-state index in [2.05, 4.69) is 0 Å². The number of benzene rings is 1. The van der Waals surface area contributed by atoms with Crippen LogP contribution in [0.2, 0.25) is 0 Å². The SMILES string of the molecule is O=C(C=Cc1ccccc1)CC(Cl)C(Cl)(Cl)Cl. The van der Waals surface area contributed by atoms with Crippen molar-refractivity contribution in [3.05, 3.63) is 42.0 Å². The molecule has 0 heterocycles. The molecule has 1 nitrogen and oxygen atoms in total. The average Bonchev–Trinajstić information content (AvgIpc) is 2.26. The lowest BCUT2D eigenvalue weighted by atomic mass is 10.1. The highest BCUT2D eigenvalue weighted by molar-refractivity contribution is 6.70. The molecule has 0 amide bonds. The van der Waals surface area contributed by atoms with E-state index in [1.54, 1.807) is 6.08 Å². The maximum atomic E-state index is 11.5. The van der Waals surface area contributed by atoms with E-state index in [1.807, 2.05) is 30.3 Å². The molecule has 1 rings (SSSR count). The predicted molar refractivity (Wildman–Crippen MR) is 75.0 cm³/mol. The maximum absolute atomic E-state index is 11.5. The van der Waals surface area contributed by atoms with Crippen LogP contribution in [-0.2, 0) is 4.79 Å². The summed E-state index contributed by atoms with van der Waals surface area (Å²) in [5, 5.41) is -0.833. The number of hydrogen-bond acceptors (Lipinski definition) is 1. The number of alkyl halides is 4. The van der Waals surface area contributed by atoms with E-state index in [9.17, 15) is 4.79 Å². The van der Waals surface area contributed by atoms with E-state index >= 15 is 0 Å². The first-order chi connectivity index (χ1) is 7.89. The van der Waals surface area contributed by atoms with Crippen LogP contribution in [0, 0.1) is 0 Å². The minimum absolute atomic E-state index is 0.0125. The first-order valence-electron chi connectivity index (χ1n) is 4.86. The zero-order valence-electron chi connectivity index (χ0n) is 8.75. The molecule has 0 spiro atoms. The van der Waals surface area contributed by atoms with Gasteiger partial charge in [-0.15, -0.1) is 11.6 Å². The van der Waals surface area contributed by atoms with E-state index < -0.39 is 9.17 Å². The van der Waals surface area contributed by atoms with Crippen molar-refractivity contribution in [2.24, 2.45) is 0 Å². The Kier molecular flexibility index (Phi) is 5.81. The summed E-state index contributed by atoms with van der Waals surface area (Å²) in [6, 6.07) is 9.44. The molecule has 1 atom stereocenters. The molecule has 0 radical (unpaired) electrons. The number of carbonyl (C=O) groups is 1. The number of hydrogen-bond donors (Lipinski definition) is 0. The lowest BCUT2D eigenvalue weighted by Crippen LogP contribution is -2.22. The third kappa shape index (κ3) is 5.78. The summed E-state index contributed by atoms with van der Waals surface area (Å²) in [7, 11) is 0. The number of carbonyl (C=O) groups excluding carboxylic acids is 1. The fourth-order valence-corrected chi connectivity index (χ4v) is 1.50. The van der Waals surface area contributed by atoms with Crippen LogP contribution in [0.25, 0.3) is 6.08 Å². The quantitative estimate of drug-likeness (QED) is 0.585. The van der Waals surface area contributed by atoms with Crippen LogP contribution in [-0.4, -0.2) is 15.0 Å². The monoisotopic (exact) mass is 310 g/mol. The van der Waals surface area contributed by atoms with Crippen LogP contribution < -0.4 is 0 Å². The van der Waals surface area contributed by atoms with Gasteiger partial charge in [-0.2, -0.15) is 0 Å². The minimum atomic E-state index is -1.63. The fraction of sp³-hybridized carbons (Fsp3) is 0.250. The highest BCUT2D eigenvalue weighted by Gasteiger charge is 2.31. The molecule has 0 aliphatic carbocycles. The molecule has 92 valence electrons. The summed E-state index contributed by atoms with van der Waals surface area (Å²) in [6.45, 7) is 0. The molecule has 17 heavy (non-hydrogen) atoms. The zero-order valence-corrected chi connectivity index (χ0v) is 11.8. The van der Waals surface area contributed by atoms with Crippen LogP contribution in [0.4, 0.5) is 0 Å². The van der Waals surface area contributed by atoms with Crippen molar-refractivity contribution in [3.63, 3.8) is 0 Å². The Morgan fingerprint density at radius 3 is 2.35 bits per heavy atom. The number of allylic oxidation sites excluding steroid dienone is 1. The smallest absolute Gasteiger partial charge is 0.207 e. The summed E-state index contributed by atoms with van der Waals surface area (Å²) < 4.78 is -1.63. The molecular weight excluding hydrogens is 302 g/mol. The second-order valence-electron chi connectivity index (χ2n) is 3.42. The standard InChI is InChI=1S/C12H10Cl4O/c13-11(12(14,15)16)8-10(17)7-6-9-4-2-1-3-5-9/h1-7,11H,8H2. The second kappa shape index (κ2) is 6.65. The largest absolute Gasteiger partial charge is 0.295 e. The number of rotatable bonds is 4. The van der Waals surface area contributed by atoms with E-state index in [0.29, 0.717) is 0 Å². The van der Waals surface area contributed by atoms with Crippen LogP contribution >= 0.6 is 46.4 Å². The fourth-order valence-electron chi connectivity index (χ4n) is 1.11. The van der Waals surface area contributed by atoms with Gasteiger partial charge in [0.2, 0.25) is 3.79 Å². The van der Waals surface area contributed by atoms with Crippen molar-refractivity contribution in [3.8, 4) is 0 Å². The molecule has 0 N–H and O–H groups in total. The third-order valence-electron chi connectivity index (χ3n) is 2.00. The van der Waals surface area contributed by atoms with Crippen LogP contribution in [0.1, 0.15) is 12.0 Å². The van der Waals surface area contributed by atoms with Gasteiger partial charge in [-0.25, -0.2) is 0 Å². The molecule has 0 aliphatic rings. The minimum Gasteiger partial charge on any atom is -0.295 e. The molecule has 0 fully saturated rings. The Morgan fingerprint density at radius 2 is 1.82 bits per heavy atom. The van der Waals surface area contributed by atoms with Gasteiger partial charge >= 0.3 is 0 Å². The molecule has 0 saturated heterocycles. The Hall–Kier alpha value is -0.210. The van der Waals surface area contributed by atoms with Crippen LogP contribution in [0.15, 0.2) is 36.4 Å². The van der Waals surface area contributed by atoms with Gasteiger partial charge in [-0.3, -0.25) is 4.79 Å². The number of halogens is 4. The van der Waals surface area contributed by atoms with Crippen LogP contribution in [0.5, 0.6) is 0 Å². The first-order valence-corrected chi connectivity index (χ1v) is 6.43. The van der Waals surface area contributed by atoms with Crippen molar-refractivity contribution in [2.45, 2.75) is 15.6 Å². The normalized spacial score (nSPS) is 13.9. The molecule has 1 unspecified atom stereocenters. The van der Waals surface area contributed by atoms with Gasteiger partial charge in [0.15, 0.2) is 5.78 Å². The van der Waals surface area contributed by atoms with Gasteiger partial charge < -0.3 is 0 Å². The van der Waals surface area contributed by atoms with Gasteiger partial charge in [0.25, 0.3) is 0 Å². The summed E-state index contributed by atoms with van der Waals surface area (Å²) in [6.07, 6.45) is 3.12. The molecule has 0 saturated carbocycles. The van der Waals surface area contributed by atoms with E-state index in [0.717, 1.165) is 5.56 Å². The van der Waals surface area contributed by atoms with Gasteiger partial charge in [0.1, 0.15) is 0 Å². The van der Waals surface area contributed by atoms with Crippen molar-refractivity contribution in [1.29, 1.82) is 0 Å². The Bertz CT molecular complexity index is 395. The summed E-state index contributed by atoms with van der Waals surface area (Å²) in [4.78, 5) is 11.5. The molecule has 1 aromatic rings. The van der Waals surface area contributed by atoms with E-state index in [4.69, 9.17) is 46.4 Å². The van der Waals surface area contributed by atoms with E-state index in [1.165, 1.54) is 6.08 Å². The van der Waals surface area contributed by atoms with Crippen molar-refractivity contribution < 1.29 is 4.79 Å². The van der Waals surface area contributed by atoms with Crippen molar-refractivity contribution in [1.82, 2.24) is 0 Å². The van der Waals surface area contributed by atoms with Crippen LogP contribution in [0.3, 0.4) is 0 Å². The summed E-state index contributed by atoms with van der Waals surface area (Å²) in [5.41, 5.74) is 0.931. The molecular formula is C12H10Cl4O.